The predicted molar refractivity (Wildman–Crippen MR) is 70.9 cm³/mol. The molecule has 3 heteroatoms. The van der Waals surface area contributed by atoms with Crippen LogP contribution in [0.3, 0.4) is 0 Å². The minimum absolute atomic E-state index is 0.461. The van der Waals surface area contributed by atoms with Crippen molar-refractivity contribution in [3.05, 3.63) is 34.9 Å². The van der Waals surface area contributed by atoms with Gasteiger partial charge in [-0.1, -0.05) is 36.7 Å². The maximum Gasteiger partial charge on any atom is 0.0450 e. The summed E-state index contributed by atoms with van der Waals surface area (Å²) in [5.74, 6) is 0. The Labute approximate surface area is 103 Å². The SMILES string of the molecule is CCCNCC(C)NCc1ccccc1Cl. The second kappa shape index (κ2) is 7.66. The largest absolute Gasteiger partial charge is 0.315 e. The van der Waals surface area contributed by atoms with Gasteiger partial charge in [0.2, 0.25) is 0 Å². The standard InChI is InChI=1S/C13H21ClN2/c1-3-8-15-9-11(2)16-10-12-6-4-5-7-13(12)14/h4-7,11,15-16H,3,8-10H2,1-2H3. The fraction of sp³-hybridized carbons (Fsp3) is 0.538. The van der Waals surface area contributed by atoms with Crippen molar-refractivity contribution < 1.29 is 0 Å². The van der Waals surface area contributed by atoms with Crippen molar-refractivity contribution in [3.63, 3.8) is 0 Å². The Morgan fingerprint density at radius 3 is 2.75 bits per heavy atom. The minimum atomic E-state index is 0.461. The number of benzene rings is 1. The summed E-state index contributed by atoms with van der Waals surface area (Å²) in [4.78, 5) is 0. The second-order valence-corrected chi connectivity index (χ2v) is 4.48. The zero-order valence-electron chi connectivity index (χ0n) is 10.1. The molecule has 1 atom stereocenters. The quantitative estimate of drug-likeness (QED) is 0.717. The molecule has 0 aliphatic heterocycles. The Kier molecular flexibility index (Phi) is 6.46. The molecule has 0 saturated carbocycles. The first kappa shape index (κ1) is 13.5. The van der Waals surface area contributed by atoms with Crippen LogP contribution in [-0.4, -0.2) is 19.1 Å². The Morgan fingerprint density at radius 2 is 2.06 bits per heavy atom. The third kappa shape index (κ3) is 4.97. The molecule has 0 aliphatic carbocycles. The van der Waals surface area contributed by atoms with Gasteiger partial charge in [0.25, 0.3) is 0 Å². The highest BCUT2D eigenvalue weighted by Crippen LogP contribution is 2.14. The van der Waals surface area contributed by atoms with Crippen LogP contribution < -0.4 is 10.6 Å². The summed E-state index contributed by atoms with van der Waals surface area (Å²) in [6.45, 7) is 7.26. The lowest BCUT2D eigenvalue weighted by molar-refractivity contribution is 0.501. The van der Waals surface area contributed by atoms with Crippen molar-refractivity contribution in [2.75, 3.05) is 13.1 Å². The van der Waals surface area contributed by atoms with E-state index in [1.54, 1.807) is 0 Å². The van der Waals surface area contributed by atoms with E-state index in [4.69, 9.17) is 11.6 Å². The number of halogens is 1. The molecule has 0 spiro atoms. The van der Waals surface area contributed by atoms with Crippen molar-refractivity contribution in [2.24, 2.45) is 0 Å². The molecule has 0 bridgehead atoms. The molecule has 1 aromatic rings. The first-order valence-electron chi connectivity index (χ1n) is 5.91. The molecule has 0 heterocycles. The summed E-state index contributed by atoms with van der Waals surface area (Å²) in [5, 5.41) is 7.68. The average molecular weight is 241 g/mol. The molecule has 0 aliphatic rings. The van der Waals surface area contributed by atoms with E-state index >= 15 is 0 Å². The number of rotatable bonds is 7. The van der Waals surface area contributed by atoms with E-state index in [1.807, 2.05) is 18.2 Å². The van der Waals surface area contributed by atoms with E-state index in [0.717, 1.165) is 30.2 Å². The van der Waals surface area contributed by atoms with E-state index in [9.17, 15) is 0 Å². The van der Waals surface area contributed by atoms with Gasteiger partial charge in [-0.25, -0.2) is 0 Å². The number of nitrogens with one attached hydrogen (secondary N) is 2. The van der Waals surface area contributed by atoms with Crippen molar-refractivity contribution in [3.8, 4) is 0 Å². The summed E-state index contributed by atoms with van der Waals surface area (Å²) in [5.41, 5.74) is 1.16. The highest BCUT2D eigenvalue weighted by Gasteiger charge is 2.02. The van der Waals surface area contributed by atoms with Crippen LogP contribution in [0.1, 0.15) is 25.8 Å². The summed E-state index contributed by atoms with van der Waals surface area (Å²) < 4.78 is 0. The predicted octanol–water partition coefficient (Wildman–Crippen LogP) is 2.82. The molecule has 0 fully saturated rings. The smallest absolute Gasteiger partial charge is 0.0450 e. The molecule has 0 aromatic heterocycles. The number of hydrogen-bond donors (Lipinski definition) is 2. The molecule has 1 aromatic carbocycles. The zero-order chi connectivity index (χ0) is 11.8. The number of hydrogen-bond acceptors (Lipinski definition) is 2. The van der Waals surface area contributed by atoms with Crippen LogP contribution >= 0.6 is 11.6 Å². The molecule has 0 amide bonds. The molecule has 2 N–H and O–H groups in total. The summed E-state index contributed by atoms with van der Waals surface area (Å²) >= 11 is 6.08. The first-order valence-corrected chi connectivity index (χ1v) is 6.29. The van der Waals surface area contributed by atoms with Gasteiger partial charge >= 0.3 is 0 Å². The van der Waals surface area contributed by atoms with Gasteiger partial charge in [0.1, 0.15) is 0 Å². The van der Waals surface area contributed by atoms with Gasteiger partial charge in [0.15, 0.2) is 0 Å². The zero-order valence-corrected chi connectivity index (χ0v) is 10.8. The van der Waals surface area contributed by atoms with Gasteiger partial charge in [-0.2, -0.15) is 0 Å². The second-order valence-electron chi connectivity index (χ2n) is 4.08. The van der Waals surface area contributed by atoms with Gasteiger partial charge in [0, 0.05) is 24.2 Å². The van der Waals surface area contributed by atoms with Gasteiger partial charge in [-0.3, -0.25) is 0 Å². The van der Waals surface area contributed by atoms with Crippen LogP contribution in [0.25, 0.3) is 0 Å². The van der Waals surface area contributed by atoms with E-state index in [1.165, 1.54) is 6.42 Å². The van der Waals surface area contributed by atoms with Crippen LogP contribution in [0.4, 0.5) is 0 Å². The molecule has 1 rings (SSSR count). The lowest BCUT2D eigenvalue weighted by atomic mass is 10.2. The molecular weight excluding hydrogens is 220 g/mol. The van der Waals surface area contributed by atoms with Crippen molar-refractivity contribution in [2.45, 2.75) is 32.9 Å². The van der Waals surface area contributed by atoms with Gasteiger partial charge in [0.05, 0.1) is 0 Å². The highest BCUT2D eigenvalue weighted by atomic mass is 35.5. The lowest BCUT2D eigenvalue weighted by Gasteiger charge is -2.15. The summed E-state index contributed by atoms with van der Waals surface area (Å²) in [6.07, 6.45) is 1.18. The van der Waals surface area contributed by atoms with E-state index in [2.05, 4.69) is 30.5 Å². The van der Waals surface area contributed by atoms with Crippen molar-refractivity contribution in [1.82, 2.24) is 10.6 Å². The Hall–Kier alpha value is -0.570. The monoisotopic (exact) mass is 240 g/mol. The third-order valence-electron chi connectivity index (χ3n) is 2.48. The maximum atomic E-state index is 6.08. The molecular formula is C13H21ClN2. The molecule has 16 heavy (non-hydrogen) atoms. The molecule has 2 nitrogen and oxygen atoms in total. The Bertz CT molecular complexity index is 302. The molecule has 90 valence electrons. The first-order chi connectivity index (χ1) is 7.74. The summed E-state index contributed by atoms with van der Waals surface area (Å²) in [7, 11) is 0. The van der Waals surface area contributed by atoms with Gasteiger partial charge < -0.3 is 10.6 Å². The Balaban J connectivity index is 2.26. The van der Waals surface area contributed by atoms with E-state index in [-0.39, 0.29) is 0 Å². The Morgan fingerprint density at radius 1 is 1.31 bits per heavy atom. The van der Waals surface area contributed by atoms with Gasteiger partial charge in [-0.05, 0) is 31.5 Å². The van der Waals surface area contributed by atoms with Crippen LogP contribution in [0.5, 0.6) is 0 Å². The fourth-order valence-electron chi connectivity index (χ4n) is 1.49. The highest BCUT2D eigenvalue weighted by molar-refractivity contribution is 6.31. The fourth-order valence-corrected chi connectivity index (χ4v) is 1.70. The van der Waals surface area contributed by atoms with E-state index < -0.39 is 0 Å². The normalized spacial score (nSPS) is 12.7. The topological polar surface area (TPSA) is 24.1 Å². The van der Waals surface area contributed by atoms with Crippen molar-refractivity contribution in [1.29, 1.82) is 0 Å². The molecule has 1 unspecified atom stereocenters. The molecule has 0 saturated heterocycles. The average Bonchev–Trinajstić information content (AvgIpc) is 2.28. The maximum absolute atomic E-state index is 6.08. The van der Waals surface area contributed by atoms with Crippen molar-refractivity contribution >= 4 is 11.6 Å². The lowest BCUT2D eigenvalue weighted by Crippen LogP contribution is -2.36. The van der Waals surface area contributed by atoms with Crippen LogP contribution in [0.15, 0.2) is 24.3 Å². The van der Waals surface area contributed by atoms with Crippen LogP contribution in [-0.2, 0) is 6.54 Å². The third-order valence-corrected chi connectivity index (χ3v) is 2.84. The molecule has 0 radical (unpaired) electrons. The minimum Gasteiger partial charge on any atom is -0.315 e. The summed E-state index contributed by atoms with van der Waals surface area (Å²) in [6, 6.07) is 8.42. The van der Waals surface area contributed by atoms with Gasteiger partial charge in [-0.15, -0.1) is 0 Å². The van der Waals surface area contributed by atoms with E-state index in [0.29, 0.717) is 6.04 Å². The van der Waals surface area contributed by atoms with Crippen LogP contribution in [0, 0.1) is 0 Å². The van der Waals surface area contributed by atoms with Crippen LogP contribution in [0.2, 0.25) is 5.02 Å².